The van der Waals surface area contributed by atoms with Crippen molar-refractivity contribution < 1.29 is 19.4 Å². The SMILES string of the molecule is Cn1cc2c(n1)-c1c(Oc3ccc(CC(=O)O)cc3)sc(C(N)=O)c1CC2. The third-order valence-corrected chi connectivity index (χ3v) is 5.60. The number of carboxylic acids is 1. The number of nitrogens with two attached hydrogens (primary N) is 1. The monoisotopic (exact) mass is 383 g/mol. The number of ether oxygens (including phenoxy) is 1. The van der Waals surface area contributed by atoms with E-state index in [2.05, 4.69) is 5.10 Å². The van der Waals surface area contributed by atoms with Crippen molar-refractivity contribution in [1.82, 2.24) is 9.78 Å². The normalized spacial score (nSPS) is 12.3. The highest BCUT2D eigenvalue weighted by Crippen LogP contribution is 2.47. The second-order valence-corrected chi connectivity index (χ2v) is 7.41. The maximum atomic E-state index is 11.9. The third-order valence-electron chi connectivity index (χ3n) is 4.47. The Hall–Kier alpha value is -3.13. The van der Waals surface area contributed by atoms with Crippen LogP contribution in [-0.2, 0) is 31.1 Å². The van der Waals surface area contributed by atoms with Gasteiger partial charge in [0.15, 0.2) is 5.06 Å². The molecule has 0 unspecified atom stereocenters. The van der Waals surface area contributed by atoms with Crippen molar-refractivity contribution in [1.29, 1.82) is 0 Å². The topological polar surface area (TPSA) is 107 Å². The lowest BCUT2D eigenvalue weighted by molar-refractivity contribution is -0.136. The molecule has 138 valence electrons. The van der Waals surface area contributed by atoms with E-state index >= 15 is 0 Å². The zero-order chi connectivity index (χ0) is 19.1. The van der Waals surface area contributed by atoms with Crippen LogP contribution in [0.2, 0.25) is 0 Å². The van der Waals surface area contributed by atoms with Gasteiger partial charge in [0.05, 0.1) is 16.9 Å². The van der Waals surface area contributed by atoms with Crippen LogP contribution in [-0.4, -0.2) is 26.8 Å². The van der Waals surface area contributed by atoms with E-state index in [0.29, 0.717) is 27.7 Å². The Morgan fingerprint density at radius 1 is 1.30 bits per heavy atom. The molecule has 1 aliphatic carbocycles. The van der Waals surface area contributed by atoms with Gasteiger partial charge in [0.25, 0.3) is 5.91 Å². The Morgan fingerprint density at radius 2 is 2.04 bits per heavy atom. The van der Waals surface area contributed by atoms with E-state index in [1.165, 1.54) is 11.3 Å². The van der Waals surface area contributed by atoms with E-state index in [0.717, 1.165) is 28.8 Å². The van der Waals surface area contributed by atoms with Gasteiger partial charge in [-0.2, -0.15) is 5.10 Å². The lowest BCUT2D eigenvalue weighted by atomic mass is 9.92. The summed E-state index contributed by atoms with van der Waals surface area (Å²) < 4.78 is 7.80. The predicted molar refractivity (Wildman–Crippen MR) is 100 cm³/mol. The molecule has 7 nitrogen and oxygen atoms in total. The Balaban J connectivity index is 1.73. The minimum atomic E-state index is -0.884. The van der Waals surface area contributed by atoms with E-state index in [-0.39, 0.29) is 6.42 Å². The summed E-state index contributed by atoms with van der Waals surface area (Å²) in [5.74, 6) is -0.792. The number of carbonyl (C=O) groups is 2. The summed E-state index contributed by atoms with van der Waals surface area (Å²) in [7, 11) is 1.86. The highest BCUT2D eigenvalue weighted by molar-refractivity contribution is 7.16. The number of aromatic nitrogens is 2. The Labute approximate surface area is 159 Å². The molecule has 3 N–H and O–H groups in total. The lowest BCUT2D eigenvalue weighted by Gasteiger charge is -2.13. The van der Waals surface area contributed by atoms with Crippen LogP contribution in [0.25, 0.3) is 11.3 Å². The summed E-state index contributed by atoms with van der Waals surface area (Å²) in [6.45, 7) is 0. The lowest BCUT2D eigenvalue weighted by Crippen LogP contribution is -2.13. The van der Waals surface area contributed by atoms with Crippen molar-refractivity contribution in [3.8, 4) is 22.1 Å². The molecule has 0 saturated heterocycles. The summed E-state index contributed by atoms with van der Waals surface area (Å²) in [5.41, 5.74) is 9.90. The van der Waals surface area contributed by atoms with Crippen molar-refractivity contribution in [2.24, 2.45) is 12.8 Å². The molecule has 3 aromatic rings. The molecule has 0 atom stereocenters. The average Bonchev–Trinajstić information content (AvgIpc) is 3.16. The Bertz CT molecular complexity index is 1050. The quantitative estimate of drug-likeness (QED) is 0.704. The molecule has 0 fully saturated rings. The van der Waals surface area contributed by atoms with Crippen LogP contribution in [0.4, 0.5) is 0 Å². The number of nitrogens with zero attached hydrogens (tertiary/aromatic N) is 2. The van der Waals surface area contributed by atoms with Gasteiger partial charge in [-0.25, -0.2) is 0 Å². The fourth-order valence-corrected chi connectivity index (χ4v) is 4.41. The number of fused-ring (bicyclic) bond motifs is 3. The summed E-state index contributed by atoms with van der Waals surface area (Å²) in [6.07, 6.45) is 3.45. The number of thiophene rings is 1. The molecule has 0 spiro atoms. The number of carboxylic acid groups (broad SMARTS) is 1. The smallest absolute Gasteiger partial charge is 0.307 e. The van der Waals surface area contributed by atoms with Gasteiger partial charge in [0, 0.05) is 13.2 Å². The molecule has 2 heterocycles. The van der Waals surface area contributed by atoms with Crippen molar-refractivity contribution in [3.05, 3.63) is 52.0 Å². The standard InChI is InChI=1S/C19H17N3O4S/c1-22-9-11-4-7-13-15(16(11)21-22)19(27-17(13)18(20)25)26-12-5-2-10(3-6-12)8-14(23)24/h2-3,5-6,9H,4,7-8H2,1H3,(H2,20,25)(H,23,24). The summed E-state index contributed by atoms with van der Waals surface area (Å²) in [5, 5.41) is 14.0. The third kappa shape index (κ3) is 3.19. The first-order valence-corrected chi connectivity index (χ1v) is 9.21. The van der Waals surface area contributed by atoms with E-state index in [1.54, 1.807) is 28.9 Å². The zero-order valence-electron chi connectivity index (χ0n) is 14.6. The molecule has 0 saturated carbocycles. The molecule has 0 bridgehead atoms. The molecule has 1 amide bonds. The van der Waals surface area contributed by atoms with Gasteiger partial charge < -0.3 is 15.6 Å². The van der Waals surface area contributed by atoms with Crippen LogP contribution in [0.15, 0.2) is 30.5 Å². The molecule has 0 aliphatic heterocycles. The van der Waals surface area contributed by atoms with E-state index < -0.39 is 11.9 Å². The molecule has 2 aromatic heterocycles. The number of aryl methyl sites for hydroxylation is 2. The van der Waals surface area contributed by atoms with E-state index in [9.17, 15) is 9.59 Å². The predicted octanol–water partition coefficient (Wildman–Crippen LogP) is 2.77. The summed E-state index contributed by atoms with van der Waals surface area (Å²) in [6, 6.07) is 6.86. The van der Waals surface area contributed by atoms with Gasteiger partial charge in [-0.3, -0.25) is 14.3 Å². The molecule has 1 aliphatic rings. The molecule has 0 radical (unpaired) electrons. The fraction of sp³-hybridized carbons (Fsp3) is 0.211. The van der Waals surface area contributed by atoms with E-state index in [1.807, 2.05) is 13.2 Å². The average molecular weight is 383 g/mol. The highest BCUT2D eigenvalue weighted by atomic mass is 32.1. The maximum absolute atomic E-state index is 11.9. The number of amides is 1. The molecule has 27 heavy (non-hydrogen) atoms. The summed E-state index contributed by atoms with van der Waals surface area (Å²) in [4.78, 5) is 23.2. The zero-order valence-corrected chi connectivity index (χ0v) is 15.4. The van der Waals surface area contributed by atoms with Crippen LogP contribution in [0, 0.1) is 0 Å². The number of rotatable bonds is 5. The first-order chi connectivity index (χ1) is 12.9. The molecule has 1 aromatic carbocycles. The second kappa shape index (κ2) is 6.55. The van der Waals surface area contributed by atoms with Crippen molar-refractivity contribution in [2.45, 2.75) is 19.3 Å². The number of aliphatic carboxylic acids is 1. The van der Waals surface area contributed by atoms with Crippen molar-refractivity contribution in [2.75, 3.05) is 0 Å². The van der Waals surface area contributed by atoms with Crippen molar-refractivity contribution in [3.63, 3.8) is 0 Å². The molecule has 4 rings (SSSR count). The Kier molecular flexibility index (Phi) is 4.19. The van der Waals surface area contributed by atoms with Gasteiger partial charge in [0.1, 0.15) is 11.4 Å². The first kappa shape index (κ1) is 17.3. The number of benzene rings is 1. The number of hydrogen-bond acceptors (Lipinski definition) is 5. The molecular formula is C19H17N3O4S. The minimum Gasteiger partial charge on any atom is -0.481 e. The van der Waals surface area contributed by atoms with Gasteiger partial charge in [-0.05, 0) is 41.7 Å². The van der Waals surface area contributed by atoms with Crippen molar-refractivity contribution >= 4 is 23.2 Å². The Morgan fingerprint density at radius 3 is 2.70 bits per heavy atom. The largest absolute Gasteiger partial charge is 0.481 e. The van der Waals surface area contributed by atoms with Gasteiger partial charge >= 0.3 is 5.97 Å². The van der Waals surface area contributed by atoms with Crippen LogP contribution in [0.3, 0.4) is 0 Å². The van der Waals surface area contributed by atoms with Gasteiger partial charge in [-0.15, -0.1) is 0 Å². The van der Waals surface area contributed by atoms with Crippen LogP contribution < -0.4 is 10.5 Å². The molecular weight excluding hydrogens is 366 g/mol. The van der Waals surface area contributed by atoms with Crippen LogP contribution >= 0.6 is 11.3 Å². The number of hydrogen-bond donors (Lipinski definition) is 2. The second-order valence-electron chi connectivity index (χ2n) is 6.43. The number of carbonyl (C=O) groups excluding carboxylic acids is 1. The van der Waals surface area contributed by atoms with Crippen LogP contribution in [0.1, 0.15) is 26.4 Å². The van der Waals surface area contributed by atoms with E-state index in [4.69, 9.17) is 15.6 Å². The fourth-order valence-electron chi connectivity index (χ4n) is 3.34. The number of primary amides is 1. The maximum Gasteiger partial charge on any atom is 0.307 e. The van der Waals surface area contributed by atoms with Gasteiger partial charge in [-0.1, -0.05) is 23.5 Å². The highest BCUT2D eigenvalue weighted by Gasteiger charge is 2.30. The first-order valence-electron chi connectivity index (χ1n) is 8.39. The molecule has 8 heteroatoms. The van der Waals surface area contributed by atoms with Crippen LogP contribution in [0.5, 0.6) is 10.8 Å². The van der Waals surface area contributed by atoms with Gasteiger partial charge in [0.2, 0.25) is 0 Å². The minimum absolute atomic E-state index is 0.0439. The summed E-state index contributed by atoms with van der Waals surface area (Å²) >= 11 is 1.23.